The summed E-state index contributed by atoms with van der Waals surface area (Å²) in [6, 6.07) is -0.684. The lowest BCUT2D eigenvalue weighted by atomic mass is 9.78. The predicted molar refractivity (Wildman–Crippen MR) is 190 cm³/mol. The van der Waals surface area contributed by atoms with Crippen LogP contribution in [0.5, 0.6) is 0 Å². The van der Waals surface area contributed by atoms with Gasteiger partial charge < -0.3 is 14.2 Å². The summed E-state index contributed by atoms with van der Waals surface area (Å²) >= 11 is 2.92. The lowest BCUT2D eigenvalue weighted by molar-refractivity contribution is -0.149. The van der Waals surface area contributed by atoms with Crippen molar-refractivity contribution in [1.82, 2.24) is 9.80 Å². The third-order valence-corrected chi connectivity index (χ3v) is 10.0. The number of nitrogens with zero attached hydrogens (tertiary/aromatic N) is 2. The minimum Gasteiger partial charge on any atom is -0.375 e. The average Bonchev–Trinajstić information content (AvgIpc) is 3.33. The molecule has 0 saturated carbocycles. The second-order valence-corrected chi connectivity index (χ2v) is 18.9. The van der Waals surface area contributed by atoms with Crippen LogP contribution in [0.25, 0.3) is 0 Å². The molecule has 10 nitrogen and oxygen atoms in total. The van der Waals surface area contributed by atoms with Gasteiger partial charge >= 0.3 is 0 Å². The summed E-state index contributed by atoms with van der Waals surface area (Å²) in [6.45, 7) is 28.7. The van der Waals surface area contributed by atoms with Gasteiger partial charge in [-0.25, -0.2) is 0 Å². The van der Waals surface area contributed by atoms with Gasteiger partial charge in [0.15, 0.2) is 5.78 Å². The predicted octanol–water partition coefficient (Wildman–Crippen LogP) is 6.13. The van der Waals surface area contributed by atoms with Crippen molar-refractivity contribution in [3.63, 3.8) is 0 Å². The molecule has 12 heteroatoms. The van der Waals surface area contributed by atoms with Crippen LogP contribution in [0.2, 0.25) is 0 Å². The number of ether oxygens (including phenoxy) is 3. The molecule has 0 aliphatic carbocycles. The largest absolute Gasteiger partial charge is 0.375 e. The first-order chi connectivity index (χ1) is 21.2. The van der Waals surface area contributed by atoms with E-state index in [1.807, 2.05) is 69.2 Å². The quantitative estimate of drug-likeness (QED) is 0.155. The maximum absolute atomic E-state index is 12.6. The molecule has 2 rings (SSSR count). The minimum absolute atomic E-state index is 0.0137. The summed E-state index contributed by atoms with van der Waals surface area (Å²) in [6.07, 6.45) is 0.803. The van der Waals surface area contributed by atoms with E-state index in [1.54, 1.807) is 6.92 Å². The summed E-state index contributed by atoms with van der Waals surface area (Å²) in [5.41, 5.74) is -0.748. The van der Waals surface area contributed by atoms with Crippen molar-refractivity contribution in [2.45, 2.75) is 150 Å². The van der Waals surface area contributed by atoms with E-state index >= 15 is 0 Å². The van der Waals surface area contributed by atoms with Crippen LogP contribution in [0.3, 0.4) is 0 Å². The molecular weight excluding hydrogens is 641 g/mol. The number of likely N-dealkylation sites (tertiary alicyclic amines) is 2. The van der Waals surface area contributed by atoms with Gasteiger partial charge in [0.25, 0.3) is 0 Å². The first-order valence-corrected chi connectivity index (χ1v) is 18.7. The maximum atomic E-state index is 12.6. The fourth-order valence-corrected chi connectivity index (χ4v) is 6.31. The number of carbonyl (C=O) groups is 5. The van der Waals surface area contributed by atoms with E-state index in [2.05, 4.69) is 20.8 Å². The monoisotopic (exact) mass is 702 g/mol. The third-order valence-electron chi connectivity index (χ3n) is 7.68. The molecule has 0 aromatic rings. The third kappa shape index (κ3) is 16.2. The number of hydrogen-bond acceptors (Lipinski definition) is 10. The highest BCUT2D eigenvalue weighted by Crippen LogP contribution is 2.31. The SMILES string of the molecule is CC(C(=O)CC(C)C(C)(C)C)N1C(=O)CC(SCCOC(C)(C)C)C1=O.CC(C)(C)OCCSC1CC(=O)N(COC(C)(C)C)C1=O. The van der Waals surface area contributed by atoms with Gasteiger partial charge in [-0.2, -0.15) is 0 Å². The Morgan fingerprint density at radius 3 is 1.55 bits per heavy atom. The molecule has 2 aliphatic rings. The molecule has 0 spiro atoms. The molecule has 2 heterocycles. The molecule has 2 fully saturated rings. The van der Waals surface area contributed by atoms with Crippen LogP contribution < -0.4 is 0 Å². The van der Waals surface area contributed by atoms with Crippen LogP contribution in [0.15, 0.2) is 0 Å². The highest BCUT2D eigenvalue weighted by Gasteiger charge is 2.43. The van der Waals surface area contributed by atoms with E-state index in [4.69, 9.17) is 14.2 Å². The summed E-state index contributed by atoms with van der Waals surface area (Å²) in [5, 5.41) is -0.703. The normalized spacial score (nSPS) is 20.9. The van der Waals surface area contributed by atoms with Gasteiger partial charge in [-0.3, -0.25) is 33.8 Å². The molecule has 4 unspecified atom stereocenters. The van der Waals surface area contributed by atoms with E-state index in [0.717, 1.165) is 0 Å². The number of amides is 4. The molecule has 0 bridgehead atoms. The second kappa shape index (κ2) is 18.0. The molecule has 0 radical (unpaired) electrons. The lowest BCUT2D eigenvalue weighted by Crippen LogP contribution is -2.44. The molecule has 2 saturated heterocycles. The van der Waals surface area contributed by atoms with Gasteiger partial charge in [0.2, 0.25) is 23.6 Å². The second-order valence-electron chi connectivity index (χ2n) is 16.3. The molecule has 4 atom stereocenters. The van der Waals surface area contributed by atoms with Crippen molar-refractivity contribution in [2.24, 2.45) is 11.3 Å². The van der Waals surface area contributed by atoms with E-state index in [-0.39, 0.29) is 82.4 Å². The number of imide groups is 2. The molecule has 0 N–H and O–H groups in total. The zero-order valence-corrected chi connectivity index (χ0v) is 33.1. The molecule has 2 aliphatic heterocycles. The number of carbonyl (C=O) groups excluding carboxylic acids is 5. The summed E-state index contributed by atoms with van der Waals surface area (Å²) in [4.78, 5) is 64.0. The van der Waals surface area contributed by atoms with E-state index in [0.29, 0.717) is 31.1 Å². The van der Waals surface area contributed by atoms with Crippen molar-refractivity contribution in [3.8, 4) is 0 Å². The number of Topliss-reactive ketones (excluding diaryl/α,β-unsaturated/α-hetero) is 1. The molecule has 0 aromatic heterocycles. The Labute approximate surface area is 292 Å². The van der Waals surface area contributed by atoms with Gasteiger partial charge in [-0.1, -0.05) is 27.7 Å². The molecule has 4 amide bonds. The van der Waals surface area contributed by atoms with Crippen LogP contribution >= 0.6 is 23.5 Å². The fraction of sp³-hybridized carbons (Fsp3) is 0.857. The van der Waals surface area contributed by atoms with Gasteiger partial charge in [-0.05, 0) is 80.6 Å². The number of ketones is 1. The van der Waals surface area contributed by atoms with E-state index in [9.17, 15) is 24.0 Å². The van der Waals surface area contributed by atoms with Crippen LogP contribution in [-0.4, -0.2) is 104 Å². The fourth-order valence-electron chi connectivity index (χ4n) is 4.34. The summed E-state index contributed by atoms with van der Waals surface area (Å²) in [5.74, 6) is 0.713. The van der Waals surface area contributed by atoms with Crippen LogP contribution in [0.1, 0.15) is 116 Å². The first kappa shape index (κ1) is 43.6. The topological polar surface area (TPSA) is 120 Å². The zero-order valence-electron chi connectivity index (χ0n) is 31.4. The van der Waals surface area contributed by atoms with Crippen molar-refractivity contribution >= 4 is 52.9 Å². The molecule has 47 heavy (non-hydrogen) atoms. The first-order valence-electron chi connectivity index (χ1n) is 16.6. The van der Waals surface area contributed by atoms with Crippen LogP contribution in [-0.2, 0) is 38.2 Å². The average molecular weight is 703 g/mol. The summed E-state index contributed by atoms with van der Waals surface area (Å²) < 4.78 is 16.8. The number of thioether (sulfide) groups is 2. The highest BCUT2D eigenvalue weighted by atomic mass is 32.2. The number of hydrogen-bond donors (Lipinski definition) is 0. The Kier molecular flexibility index (Phi) is 16.6. The zero-order chi connectivity index (χ0) is 36.5. The van der Waals surface area contributed by atoms with Crippen LogP contribution in [0, 0.1) is 11.3 Å². The molecular formula is C35H62N2O8S2. The van der Waals surface area contributed by atoms with Crippen molar-refractivity contribution in [2.75, 3.05) is 31.5 Å². The molecule has 272 valence electrons. The van der Waals surface area contributed by atoms with Crippen molar-refractivity contribution in [3.05, 3.63) is 0 Å². The minimum atomic E-state index is -0.684. The van der Waals surface area contributed by atoms with Crippen molar-refractivity contribution in [1.29, 1.82) is 0 Å². The standard InChI is InChI=1S/C20H35NO4S.C15H27NO4S/c1-13(19(3,4)5)11-15(22)14(2)21-17(23)12-16(18(21)24)26-10-9-25-20(6,7)8;1-14(2,3)19-7-8-21-11-9-12(17)16(13(11)18)10-20-15(4,5)6/h13-14,16H,9-12H2,1-8H3;11H,7-10H2,1-6H3. The Bertz CT molecular complexity index is 1090. The number of rotatable bonds is 14. The van der Waals surface area contributed by atoms with Crippen molar-refractivity contribution < 1.29 is 38.2 Å². The van der Waals surface area contributed by atoms with E-state index in [1.165, 1.54) is 33.3 Å². The Balaban J connectivity index is 0.000000481. The van der Waals surface area contributed by atoms with Gasteiger partial charge in [0, 0.05) is 30.8 Å². The lowest BCUT2D eigenvalue weighted by Gasteiger charge is -2.29. The highest BCUT2D eigenvalue weighted by molar-refractivity contribution is 8.00. The smallest absolute Gasteiger partial charge is 0.244 e. The van der Waals surface area contributed by atoms with Crippen LogP contribution in [0.4, 0.5) is 0 Å². The van der Waals surface area contributed by atoms with Gasteiger partial charge in [0.05, 0.1) is 46.6 Å². The van der Waals surface area contributed by atoms with Gasteiger partial charge in [-0.15, -0.1) is 23.5 Å². The Hall–Kier alpha value is -1.47. The Morgan fingerprint density at radius 1 is 0.702 bits per heavy atom. The van der Waals surface area contributed by atoms with E-state index < -0.39 is 11.3 Å². The summed E-state index contributed by atoms with van der Waals surface area (Å²) in [7, 11) is 0. The molecule has 0 aromatic carbocycles. The van der Waals surface area contributed by atoms with Gasteiger partial charge in [0.1, 0.15) is 6.73 Å². The Morgan fingerprint density at radius 2 is 1.13 bits per heavy atom. The maximum Gasteiger partial charge on any atom is 0.244 e.